The Morgan fingerprint density at radius 1 is 0.508 bits per heavy atom. The normalized spacial score (nSPS) is 11.0. The molecule has 0 fully saturated rings. The Balaban J connectivity index is 0.0000120. The van der Waals surface area contributed by atoms with Crippen LogP contribution in [0.25, 0.3) is 0 Å². The molecule has 23 heteroatoms. The van der Waals surface area contributed by atoms with Crippen LogP contribution in [0.2, 0.25) is 0 Å². The fraction of sp³-hybridized carbons (Fsp3) is 0.500. The third-order valence-corrected chi connectivity index (χ3v) is 8.37. The summed E-state index contributed by atoms with van der Waals surface area (Å²) in [6.45, 7) is -0.0505. The number of amides is 3. The fourth-order valence-corrected chi connectivity index (χ4v) is 5.52. The van der Waals surface area contributed by atoms with Crippen LogP contribution in [0.5, 0.6) is 17.2 Å². The zero-order valence-electron chi connectivity index (χ0n) is 32.2. The number of nitrogens with one attached hydrogen (secondary N) is 3. The van der Waals surface area contributed by atoms with Crippen molar-refractivity contribution in [3.05, 3.63) is 84.5 Å². The number of aliphatic hydroxyl groups excluding tert-OH is 3. The number of rotatable bonds is 27. The van der Waals surface area contributed by atoms with E-state index < -0.39 is 51.3 Å². The summed E-state index contributed by atoms with van der Waals surface area (Å²) in [5.74, 6) is -4.72. The monoisotopic (exact) mass is 979 g/mol. The molecule has 3 amide bonds. The summed E-state index contributed by atoms with van der Waals surface area (Å²) < 4.78 is 19.7. The fourth-order valence-electron chi connectivity index (χ4n) is 5.52. The maximum atomic E-state index is 13.2. The van der Waals surface area contributed by atoms with Crippen LogP contribution in [0.4, 0.5) is 0 Å². The molecule has 0 aliphatic rings. The summed E-state index contributed by atoms with van der Waals surface area (Å²) in [6.07, 6.45) is 3.94. The smallest absolute Gasteiger partial charge is 0.503 e. The van der Waals surface area contributed by atoms with Crippen molar-refractivity contribution >= 4 is 17.7 Å². The van der Waals surface area contributed by atoms with Crippen molar-refractivity contribution < 1.29 is 99.2 Å². The molecule has 1 radical (unpaired) electrons. The molecule has 0 spiro atoms. The first-order valence-corrected chi connectivity index (χ1v) is 18.3. The molecule has 3 rings (SSSR count). The van der Waals surface area contributed by atoms with E-state index in [4.69, 9.17) is 29.5 Å². The molecule has 0 aromatic carbocycles. The van der Waals surface area contributed by atoms with Crippen molar-refractivity contribution in [2.45, 2.75) is 19.6 Å². The number of pyridine rings is 3. The standard InChI is InChI=1S/C36H51N7O15.Gd/c44-16-22-56-19-13-41-7-1-25(47)31(50)28(41)34(53)37-4-10-40(11-5-38-35(54)29-32(51)26(48)2-8-42(29)14-20-57-23-17-45)12-6-39-36(55)30-33(52)27(49)3-9-43(30)15-21-58-24-18-46;/h1-3,7-9,44-46,50-52H,4-6,10-24H2,(H,37,53)(H,38,54)(H,39,55);/q;+3. The topological polar surface area (TPSA) is 306 Å². The van der Waals surface area contributed by atoms with E-state index in [1.54, 1.807) is 4.90 Å². The van der Waals surface area contributed by atoms with E-state index in [0.717, 1.165) is 18.2 Å². The first kappa shape index (κ1) is 50.8. The van der Waals surface area contributed by atoms with Crippen LogP contribution in [-0.2, 0) is 33.8 Å². The second kappa shape index (κ2) is 27.5. The number of hydrogen-bond acceptors (Lipinski definition) is 16. The van der Waals surface area contributed by atoms with Gasteiger partial charge >= 0.3 is 39.9 Å². The minimum absolute atomic E-state index is 0. The van der Waals surface area contributed by atoms with Gasteiger partial charge in [0.1, 0.15) is 0 Å². The molecule has 9 N–H and O–H groups in total. The van der Waals surface area contributed by atoms with E-state index in [1.807, 2.05) is 0 Å². The van der Waals surface area contributed by atoms with Crippen molar-refractivity contribution in [1.82, 2.24) is 34.6 Å². The summed E-state index contributed by atoms with van der Waals surface area (Å²) in [7, 11) is 0. The average molecular weight is 979 g/mol. The zero-order valence-corrected chi connectivity index (χ0v) is 34.5. The van der Waals surface area contributed by atoms with Gasteiger partial charge in [-0.15, -0.1) is 0 Å². The Morgan fingerprint density at radius 3 is 1.03 bits per heavy atom. The first-order chi connectivity index (χ1) is 27.9. The van der Waals surface area contributed by atoms with Gasteiger partial charge in [0.2, 0.25) is 16.3 Å². The summed E-state index contributed by atoms with van der Waals surface area (Å²) >= 11 is 0. The van der Waals surface area contributed by atoms with Crippen LogP contribution in [-0.4, -0.2) is 166 Å². The van der Waals surface area contributed by atoms with Crippen LogP contribution >= 0.6 is 0 Å². The predicted molar refractivity (Wildman–Crippen MR) is 204 cm³/mol. The van der Waals surface area contributed by atoms with Gasteiger partial charge in [-0.05, 0) is 0 Å². The van der Waals surface area contributed by atoms with Crippen molar-refractivity contribution in [2.24, 2.45) is 0 Å². The summed E-state index contributed by atoms with van der Waals surface area (Å²) in [6, 6.07) is 3.26. The molecule has 3 heterocycles. The second-order valence-corrected chi connectivity index (χ2v) is 12.3. The minimum atomic E-state index is -0.792. The largest absolute Gasteiger partial charge is 3.00 e. The Labute approximate surface area is 369 Å². The molecule has 0 saturated heterocycles. The Hall–Kier alpha value is -4.30. The van der Waals surface area contributed by atoms with Crippen LogP contribution < -0.4 is 32.2 Å². The van der Waals surface area contributed by atoms with Gasteiger partial charge in [-0.25, -0.2) is 0 Å². The Morgan fingerprint density at radius 2 is 0.780 bits per heavy atom. The number of hydrogen-bond donors (Lipinski definition) is 9. The van der Waals surface area contributed by atoms with E-state index in [0.29, 0.717) is 0 Å². The molecule has 3 aromatic rings. The molecule has 0 aliphatic heterocycles. The van der Waals surface area contributed by atoms with Crippen LogP contribution in [0.15, 0.2) is 51.2 Å². The minimum Gasteiger partial charge on any atom is -0.503 e. The van der Waals surface area contributed by atoms with Gasteiger partial charge in [0.25, 0.3) is 17.7 Å². The van der Waals surface area contributed by atoms with Gasteiger partial charge < -0.3 is 74.5 Å². The zero-order chi connectivity index (χ0) is 42.5. The van der Waals surface area contributed by atoms with Crippen LogP contribution in [0, 0.1) is 39.9 Å². The van der Waals surface area contributed by atoms with Gasteiger partial charge in [0, 0.05) is 95.7 Å². The van der Waals surface area contributed by atoms with Crippen LogP contribution in [0.3, 0.4) is 0 Å². The molecule has 0 atom stereocenters. The third kappa shape index (κ3) is 16.0. The average Bonchev–Trinajstić information content (AvgIpc) is 3.20. The van der Waals surface area contributed by atoms with Crippen molar-refractivity contribution in [1.29, 1.82) is 0 Å². The maximum Gasteiger partial charge on any atom is 3.00 e. The molecule has 325 valence electrons. The number of nitrogens with zero attached hydrogens (tertiary/aromatic N) is 4. The van der Waals surface area contributed by atoms with E-state index in [1.165, 1.54) is 32.3 Å². The summed E-state index contributed by atoms with van der Waals surface area (Å²) in [4.78, 5) is 78.0. The number of carbonyl (C=O) groups is 3. The molecular weight excluding hydrogens is 928 g/mol. The van der Waals surface area contributed by atoms with E-state index >= 15 is 0 Å². The number of ether oxygens (including phenoxy) is 3. The maximum absolute atomic E-state index is 13.2. The molecular formula is C36H51GdN7O15+3. The van der Waals surface area contributed by atoms with Crippen LogP contribution in [0.1, 0.15) is 31.5 Å². The number of carbonyl (C=O) groups excluding carboxylic acids is 3. The van der Waals surface area contributed by atoms with E-state index in [-0.39, 0.29) is 175 Å². The summed E-state index contributed by atoms with van der Waals surface area (Å²) in [5.41, 5.74) is -3.32. The molecule has 0 unspecified atom stereocenters. The Kier molecular flexibility index (Phi) is 23.7. The molecule has 0 aliphatic carbocycles. The number of aliphatic hydroxyl groups is 3. The van der Waals surface area contributed by atoms with Crippen molar-refractivity contribution in [3.8, 4) is 17.2 Å². The van der Waals surface area contributed by atoms with Gasteiger partial charge in [-0.2, -0.15) is 0 Å². The molecule has 22 nitrogen and oxygen atoms in total. The SMILES string of the molecule is O=C(NCCN(CCNC(=O)c1c(O)c(=O)ccn1CCOCCO)CCNC(=O)c1c(O)c(=O)ccn1CCOCCO)c1c(O)c(=O)ccn1CCOCCO.[Gd+3]. The van der Waals surface area contributed by atoms with E-state index in [9.17, 15) is 44.1 Å². The third-order valence-electron chi connectivity index (χ3n) is 8.37. The second-order valence-electron chi connectivity index (χ2n) is 12.3. The summed E-state index contributed by atoms with van der Waals surface area (Å²) in [5, 5.41) is 66.2. The number of aromatic hydroxyl groups is 3. The molecule has 0 saturated carbocycles. The molecule has 59 heavy (non-hydrogen) atoms. The number of aromatic nitrogens is 3. The van der Waals surface area contributed by atoms with Gasteiger partial charge in [-0.1, -0.05) is 0 Å². The van der Waals surface area contributed by atoms with Gasteiger partial charge in [0.05, 0.1) is 59.5 Å². The predicted octanol–water partition coefficient (Wildman–Crippen LogP) is -3.79. The molecule has 3 aromatic heterocycles. The van der Waals surface area contributed by atoms with Crippen molar-refractivity contribution in [2.75, 3.05) is 98.7 Å². The van der Waals surface area contributed by atoms with Gasteiger partial charge in [0.15, 0.2) is 34.3 Å². The van der Waals surface area contributed by atoms with Gasteiger partial charge in [-0.3, -0.25) is 33.7 Å². The molecule has 0 bridgehead atoms. The van der Waals surface area contributed by atoms with E-state index in [2.05, 4.69) is 16.0 Å². The van der Waals surface area contributed by atoms with Crippen molar-refractivity contribution in [3.63, 3.8) is 0 Å². The quantitative estimate of drug-likeness (QED) is 0.0331. The first-order valence-electron chi connectivity index (χ1n) is 18.3. The Bertz CT molecular complexity index is 1770.